The highest BCUT2D eigenvalue weighted by atomic mass is 16.2. The standard InChI is InChI=1S/C31H31N7O2/c1-20-12-13-23(16-25(20)29(39)33-18-22-14-15-32-19-34-22)38-28(17-27(37-38)31(2,3)4)36-30(40)35-26-11-7-9-21-8-5-6-10-24(21)26/h5-17,19H,18H2,1-4H3,(H,33,39)(H2,35,36,40). The van der Waals surface area contributed by atoms with Crippen molar-refractivity contribution in [3.8, 4) is 5.69 Å². The monoisotopic (exact) mass is 533 g/mol. The first-order valence-corrected chi connectivity index (χ1v) is 13.0. The highest BCUT2D eigenvalue weighted by molar-refractivity contribution is 6.06. The van der Waals surface area contributed by atoms with Gasteiger partial charge in [-0.05, 0) is 42.1 Å². The number of amides is 3. The number of rotatable bonds is 6. The van der Waals surface area contributed by atoms with E-state index in [1.54, 1.807) is 23.0 Å². The molecule has 0 radical (unpaired) electrons. The summed E-state index contributed by atoms with van der Waals surface area (Å²) >= 11 is 0. The van der Waals surface area contributed by atoms with Crippen molar-refractivity contribution in [2.45, 2.75) is 39.7 Å². The van der Waals surface area contributed by atoms with E-state index in [1.165, 1.54) is 6.33 Å². The molecule has 9 heteroatoms. The molecule has 0 fully saturated rings. The second kappa shape index (κ2) is 11.0. The molecule has 3 aromatic carbocycles. The van der Waals surface area contributed by atoms with Gasteiger partial charge in [0.15, 0.2) is 0 Å². The van der Waals surface area contributed by atoms with Gasteiger partial charge in [-0.1, -0.05) is 63.2 Å². The zero-order chi connectivity index (χ0) is 28.3. The van der Waals surface area contributed by atoms with Crippen LogP contribution in [0.25, 0.3) is 16.5 Å². The minimum atomic E-state index is -0.395. The van der Waals surface area contributed by atoms with E-state index in [0.717, 1.165) is 22.0 Å². The number of carbonyl (C=O) groups is 2. The average Bonchev–Trinajstić information content (AvgIpc) is 3.37. The lowest BCUT2D eigenvalue weighted by Crippen LogP contribution is -2.24. The fraction of sp³-hybridized carbons (Fsp3) is 0.194. The van der Waals surface area contributed by atoms with E-state index in [0.29, 0.717) is 28.5 Å². The number of nitrogens with zero attached hydrogens (tertiary/aromatic N) is 4. The molecule has 0 saturated heterocycles. The van der Waals surface area contributed by atoms with Crippen LogP contribution in [-0.4, -0.2) is 31.7 Å². The molecule has 5 rings (SSSR count). The van der Waals surface area contributed by atoms with Crippen LogP contribution < -0.4 is 16.0 Å². The van der Waals surface area contributed by atoms with Crippen molar-refractivity contribution >= 4 is 34.2 Å². The summed E-state index contributed by atoms with van der Waals surface area (Å²) in [4.78, 5) is 34.3. The molecule has 0 saturated carbocycles. The van der Waals surface area contributed by atoms with E-state index in [-0.39, 0.29) is 17.9 Å². The summed E-state index contributed by atoms with van der Waals surface area (Å²) in [5, 5.41) is 15.6. The van der Waals surface area contributed by atoms with Gasteiger partial charge in [-0.15, -0.1) is 0 Å². The van der Waals surface area contributed by atoms with Gasteiger partial charge in [-0.3, -0.25) is 10.1 Å². The molecule has 0 spiro atoms. The fourth-order valence-electron chi connectivity index (χ4n) is 4.31. The lowest BCUT2D eigenvalue weighted by molar-refractivity contribution is 0.0949. The Morgan fingerprint density at radius 3 is 2.50 bits per heavy atom. The number of fused-ring (bicyclic) bond motifs is 1. The van der Waals surface area contributed by atoms with Crippen LogP contribution in [0.2, 0.25) is 0 Å². The Labute approximate surface area is 232 Å². The third-order valence-corrected chi connectivity index (χ3v) is 6.54. The topological polar surface area (TPSA) is 114 Å². The van der Waals surface area contributed by atoms with E-state index in [1.807, 2.05) is 67.6 Å². The van der Waals surface area contributed by atoms with Crippen molar-refractivity contribution in [3.63, 3.8) is 0 Å². The Bertz CT molecular complexity index is 1680. The Morgan fingerprint density at radius 2 is 1.73 bits per heavy atom. The number of hydrogen-bond donors (Lipinski definition) is 3. The molecule has 0 aliphatic rings. The van der Waals surface area contributed by atoms with E-state index in [9.17, 15) is 9.59 Å². The van der Waals surface area contributed by atoms with Crippen molar-refractivity contribution in [2.75, 3.05) is 10.6 Å². The lowest BCUT2D eigenvalue weighted by Gasteiger charge is -2.14. The first kappa shape index (κ1) is 26.6. The summed E-state index contributed by atoms with van der Waals surface area (Å²) in [6.07, 6.45) is 3.08. The molecule has 5 aromatic rings. The maximum absolute atomic E-state index is 13.2. The van der Waals surface area contributed by atoms with Crippen LogP contribution in [0.1, 0.15) is 48.1 Å². The van der Waals surface area contributed by atoms with Crippen molar-refractivity contribution in [1.29, 1.82) is 0 Å². The van der Waals surface area contributed by atoms with Crippen LogP contribution in [0.3, 0.4) is 0 Å². The number of aryl methyl sites for hydroxylation is 1. The van der Waals surface area contributed by atoms with Gasteiger partial charge in [0, 0.05) is 28.6 Å². The maximum atomic E-state index is 13.2. The summed E-state index contributed by atoms with van der Waals surface area (Å²) in [6.45, 7) is 8.33. The van der Waals surface area contributed by atoms with Gasteiger partial charge in [-0.2, -0.15) is 5.10 Å². The fourth-order valence-corrected chi connectivity index (χ4v) is 4.31. The van der Waals surface area contributed by atoms with Crippen LogP contribution in [0.4, 0.5) is 16.3 Å². The van der Waals surface area contributed by atoms with Gasteiger partial charge in [0.05, 0.1) is 29.3 Å². The number of carbonyl (C=O) groups excluding carboxylic acids is 2. The van der Waals surface area contributed by atoms with Gasteiger partial charge in [0.25, 0.3) is 5.91 Å². The minimum Gasteiger partial charge on any atom is -0.346 e. The highest BCUT2D eigenvalue weighted by Crippen LogP contribution is 2.28. The maximum Gasteiger partial charge on any atom is 0.324 e. The zero-order valence-corrected chi connectivity index (χ0v) is 22.9. The molecule has 0 bridgehead atoms. The lowest BCUT2D eigenvalue weighted by atomic mass is 9.92. The SMILES string of the molecule is Cc1ccc(-n2nc(C(C)(C)C)cc2NC(=O)Nc2cccc3ccccc23)cc1C(=O)NCc1ccncn1. The Balaban J connectivity index is 1.43. The van der Waals surface area contributed by atoms with E-state index in [4.69, 9.17) is 5.10 Å². The van der Waals surface area contributed by atoms with Crippen molar-refractivity contribution < 1.29 is 9.59 Å². The third kappa shape index (κ3) is 5.83. The Morgan fingerprint density at radius 1 is 0.925 bits per heavy atom. The molecule has 202 valence electrons. The number of urea groups is 1. The van der Waals surface area contributed by atoms with Gasteiger partial charge in [0.2, 0.25) is 0 Å². The number of anilines is 2. The Hall–Kier alpha value is -5.05. The van der Waals surface area contributed by atoms with Crippen LogP contribution in [-0.2, 0) is 12.0 Å². The summed E-state index contributed by atoms with van der Waals surface area (Å²) in [5.41, 5.74) is 3.91. The molecule has 0 unspecified atom stereocenters. The largest absolute Gasteiger partial charge is 0.346 e. The van der Waals surface area contributed by atoms with E-state index < -0.39 is 6.03 Å². The Kier molecular flexibility index (Phi) is 7.29. The smallest absolute Gasteiger partial charge is 0.324 e. The first-order chi connectivity index (χ1) is 19.2. The molecule has 3 N–H and O–H groups in total. The summed E-state index contributed by atoms with van der Waals surface area (Å²) in [5.74, 6) is 0.253. The van der Waals surface area contributed by atoms with Gasteiger partial charge >= 0.3 is 6.03 Å². The minimum absolute atomic E-state index is 0.232. The number of nitrogens with one attached hydrogen (secondary N) is 3. The third-order valence-electron chi connectivity index (χ3n) is 6.54. The number of hydrogen-bond acceptors (Lipinski definition) is 5. The first-order valence-electron chi connectivity index (χ1n) is 13.0. The molecular weight excluding hydrogens is 502 g/mol. The quantitative estimate of drug-likeness (QED) is 0.248. The number of aromatic nitrogens is 4. The molecule has 0 aliphatic heterocycles. The van der Waals surface area contributed by atoms with Gasteiger partial charge < -0.3 is 10.6 Å². The molecule has 0 aliphatic carbocycles. The molecule has 0 atom stereocenters. The van der Waals surface area contributed by atoms with Crippen LogP contribution in [0.15, 0.2) is 85.3 Å². The second-order valence-corrected chi connectivity index (χ2v) is 10.6. The highest BCUT2D eigenvalue weighted by Gasteiger charge is 2.22. The van der Waals surface area contributed by atoms with Crippen molar-refractivity contribution in [2.24, 2.45) is 0 Å². The van der Waals surface area contributed by atoms with Gasteiger partial charge in [-0.25, -0.2) is 19.4 Å². The van der Waals surface area contributed by atoms with Crippen molar-refractivity contribution in [1.82, 2.24) is 25.1 Å². The van der Waals surface area contributed by atoms with E-state index >= 15 is 0 Å². The molecular formula is C31H31N7O2. The van der Waals surface area contributed by atoms with Gasteiger partial charge in [0.1, 0.15) is 12.1 Å². The normalized spacial score (nSPS) is 11.3. The number of benzene rings is 3. The molecule has 3 amide bonds. The van der Waals surface area contributed by atoms with Crippen LogP contribution in [0, 0.1) is 6.92 Å². The zero-order valence-electron chi connectivity index (χ0n) is 22.9. The summed E-state index contributed by atoms with van der Waals surface area (Å²) in [6, 6.07) is 22.4. The molecule has 2 heterocycles. The van der Waals surface area contributed by atoms with Crippen molar-refractivity contribution in [3.05, 3.63) is 108 Å². The second-order valence-electron chi connectivity index (χ2n) is 10.6. The predicted octanol–water partition coefficient (Wildman–Crippen LogP) is 6.00. The predicted molar refractivity (Wildman–Crippen MR) is 157 cm³/mol. The molecule has 2 aromatic heterocycles. The van der Waals surface area contributed by atoms with Crippen LogP contribution >= 0.6 is 0 Å². The molecule has 9 nitrogen and oxygen atoms in total. The summed E-state index contributed by atoms with van der Waals surface area (Å²) < 4.78 is 1.66. The van der Waals surface area contributed by atoms with Crippen LogP contribution in [0.5, 0.6) is 0 Å². The average molecular weight is 534 g/mol. The summed E-state index contributed by atoms with van der Waals surface area (Å²) in [7, 11) is 0. The van der Waals surface area contributed by atoms with E-state index in [2.05, 4.69) is 46.7 Å². The molecule has 40 heavy (non-hydrogen) atoms.